The highest BCUT2D eigenvalue weighted by atomic mass is 35.5. The molecule has 0 spiro atoms. The first-order valence-corrected chi connectivity index (χ1v) is 6.83. The molecule has 0 aliphatic rings. The lowest BCUT2D eigenvalue weighted by atomic mass is 10.2. The summed E-state index contributed by atoms with van der Waals surface area (Å²) in [5, 5.41) is 7.31. The van der Waals surface area contributed by atoms with Gasteiger partial charge in [0.05, 0.1) is 24.9 Å². The second-order valence-corrected chi connectivity index (χ2v) is 4.96. The summed E-state index contributed by atoms with van der Waals surface area (Å²) in [6, 6.07) is 10.2. The van der Waals surface area contributed by atoms with E-state index in [9.17, 15) is 9.59 Å². The molecule has 2 amide bonds. The van der Waals surface area contributed by atoms with Crippen molar-refractivity contribution in [2.45, 2.75) is 6.54 Å². The van der Waals surface area contributed by atoms with Gasteiger partial charge >= 0.3 is 12.0 Å². The number of carbonyl (C=O) groups is 2. The fourth-order valence-corrected chi connectivity index (χ4v) is 2.27. The van der Waals surface area contributed by atoms with Gasteiger partial charge in [0.25, 0.3) is 0 Å². The number of hydrogen-bond donors (Lipinski definition) is 2. The lowest BCUT2D eigenvalue weighted by Crippen LogP contribution is -2.28. The van der Waals surface area contributed by atoms with Crippen molar-refractivity contribution in [3.05, 3.63) is 52.2 Å². The summed E-state index contributed by atoms with van der Waals surface area (Å²) in [5.74, 6) is -0.487. The number of halogens is 1. The number of hydrogen-bond acceptors (Lipinski definition) is 4. The summed E-state index contributed by atoms with van der Waals surface area (Å²) in [7, 11) is 1.30. The second kappa shape index (κ2) is 8.28. The molecule has 0 radical (unpaired) electrons. The minimum Gasteiger partial charge on any atom is -0.465 e. The Balaban J connectivity index is 0.00000220. The maximum absolute atomic E-state index is 11.8. The minimum atomic E-state index is -0.487. The van der Waals surface area contributed by atoms with Gasteiger partial charge in [0, 0.05) is 4.88 Å². The Bertz CT molecular complexity index is 602. The number of anilines is 1. The van der Waals surface area contributed by atoms with E-state index in [-0.39, 0.29) is 18.4 Å². The number of amides is 2. The van der Waals surface area contributed by atoms with Crippen LogP contribution in [0.25, 0.3) is 0 Å². The highest BCUT2D eigenvalue weighted by Gasteiger charge is 2.12. The number of benzene rings is 1. The number of nitrogens with one attached hydrogen (secondary N) is 2. The molecule has 1 heterocycles. The smallest absolute Gasteiger partial charge is 0.339 e. The number of para-hydroxylation sites is 1. The van der Waals surface area contributed by atoms with Gasteiger partial charge in [0.2, 0.25) is 0 Å². The van der Waals surface area contributed by atoms with Crippen molar-refractivity contribution in [2.24, 2.45) is 0 Å². The van der Waals surface area contributed by atoms with Crippen LogP contribution in [-0.2, 0) is 11.3 Å². The predicted octanol–water partition coefficient (Wildman–Crippen LogP) is 3.28. The molecule has 0 unspecified atom stereocenters. The maximum Gasteiger partial charge on any atom is 0.339 e. The van der Waals surface area contributed by atoms with Crippen molar-refractivity contribution in [2.75, 3.05) is 12.4 Å². The molecular weight excluding hydrogens is 312 g/mol. The van der Waals surface area contributed by atoms with E-state index < -0.39 is 5.97 Å². The third kappa shape index (κ3) is 4.77. The number of carbonyl (C=O) groups excluding carboxylic acids is 2. The van der Waals surface area contributed by atoms with Crippen molar-refractivity contribution < 1.29 is 14.3 Å². The van der Waals surface area contributed by atoms with E-state index in [1.165, 1.54) is 7.11 Å². The second-order valence-electron chi connectivity index (χ2n) is 3.92. The van der Waals surface area contributed by atoms with Crippen LogP contribution in [0.15, 0.2) is 41.8 Å². The summed E-state index contributed by atoms with van der Waals surface area (Å²) >= 11 is 1.57. The molecule has 0 aliphatic carbocycles. The molecule has 0 atom stereocenters. The molecule has 2 aromatic rings. The number of ether oxygens (including phenoxy) is 1. The molecule has 5 nitrogen and oxygen atoms in total. The van der Waals surface area contributed by atoms with Gasteiger partial charge in [-0.3, -0.25) is 0 Å². The van der Waals surface area contributed by atoms with Gasteiger partial charge in [-0.15, -0.1) is 23.7 Å². The van der Waals surface area contributed by atoms with Crippen molar-refractivity contribution in [1.82, 2.24) is 5.32 Å². The zero-order valence-electron chi connectivity index (χ0n) is 11.3. The van der Waals surface area contributed by atoms with Gasteiger partial charge in [0.1, 0.15) is 0 Å². The SMILES string of the molecule is COC(=O)c1ccccc1NC(=O)NCc1cccs1.Cl. The van der Waals surface area contributed by atoms with Crippen LogP contribution in [0.4, 0.5) is 10.5 Å². The van der Waals surface area contributed by atoms with Crippen LogP contribution in [0.3, 0.4) is 0 Å². The first kappa shape index (κ1) is 17.0. The quantitative estimate of drug-likeness (QED) is 0.847. The van der Waals surface area contributed by atoms with Gasteiger partial charge in [-0.2, -0.15) is 0 Å². The number of thiophene rings is 1. The fraction of sp³-hybridized carbons (Fsp3) is 0.143. The van der Waals surface area contributed by atoms with Gasteiger partial charge in [-0.05, 0) is 23.6 Å². The lowest BCUT2D eigenvalue weighted by Gasteiger charge is -2.10. The van der Waals surface area contributed by atoms with Gasteiger partial charge < -0.3 is 15.4 Å². The molecule has 0 bridgehead atoms. The van der Waals surface area contributed by atoms with Crippen molar-refractivity contribution in [3.63, 3.8) is 0 Å². The third-order valence-electron chi connectivity index (χ3n) is 2.58. The van der Waals surface area contributed by atoms with Gasteiger partial charge in [0.15, 0.2) is 0 Å². The highest BCUT2D eigenvalue weighted by molar-refractivity contribution is 7.09. The van der Waals surface area contributed by atoms with Crippen molar-refractivity contribution in [3.8, 4) is 0 Å². The summed E-state index contributed by atoms with van der Waals surface area (Å²) < 4.78 is 4.67. The molecule has 0 saturated heterocycles. The molecule has 1 aromatic heterocycles. The standard InChI is InChI=1S/C14H14N2O3S.ClH/c1-19-13(17)11-6-2-3-7-12(11)16-14(18)15-9-10-5-4-8-20-10;/h2-8H,9H2,1H3,(H2,15,16,18);1H. The molecule has 0 saturated carbocycles. The first-order valence-electron chi connectivity index (χ1n) is 5.95. The number of methoxy groups -OCH3 is 1. The summed E-state index contributed by atoms with van der Waals surface area (Å²) in [6.45, 7) is 0.448. The Hall–Kier alpha value is -2.05. The first-order chi connectivity index (χ1) is 9.70. The van der Waals surface area contributed by atoms with Crippen LogP contribution < -0.4 is 10.6 Å². The van der Waals surface area contributed by atoms with Crippen LogP contribution >= 0.6 is 23.7 Å². The van der Waals surface area contributed by atoms with E-state index in [1.807, 2.05) is 17.5 Å². The normalized spacial score (nSPS) is 9.38. The minimum absolute atomic E-state index is 0. The van der Waals surface area contributed by atoms with Crippen LogP contribution in [0.5, 0.6) is 0 Å². The summed E-state index contributed by atoms with van der Waals surface area (Å²) in [6.07, 6.45) is 0. The zero-order chi connectivity index (χ0) is 14.4. The number of urea groups is 1. The topological polar surface area (TPSA) is 67.4 Å². The molecule has 0 aliphatic heterocycles. The van der Waals surface area contributed by atoms with Gasteiger partial charge in [-0.25, -0.2) is 9.59 Å². The Morgan fingerprint density at radius 2 is 1.95 bits per heavy atom. The summed E-state index contributed by atoms with van der Waals surface area (Å²) in [4.78, 5) is 24.4. The van der Waals surface area contributed by atoms with Crippen molar-refractivity contribution in [1.29, 1.82) is 0 Å². The molecule has 2 rings (SSSR count). The molecular formula is C14H15ClN2O3S. The van der Waals surface area contributed by atoms with Crippen LogP contribution in [0.1, 0.15) is 15.2 Å². The van der Waals surface area contributed by atoms with Crippen LogP contribution in [-0.4, -0.2) is 19.1 Å². The average molecular weight is 327 g/mol. The van der Waals surface area contributed by atoms with E-state index in [1.54, 1.807) is 35.6 Å². The maximum atomic E-state index is 11.8. The Morgan fingerprint density at radius 1 is 1.19 bits per heavy atom. The Kier molecular flexibility index (Phi) is 6.71. The number of esters is 1. The van der Waals surface area contributed by atoms with Crippen LogP contribution in [0, 0.1) is 0 Å². The molecule has 7 heteroatoms. The summed E-state index contributed by atoms with van der Waals surface area (Å²) in [5.41, 5.74) is 0.740. The highest BCUT2D eigenvalue weighted by Crippen LogP contribution is 2.16. The van der Waals surface area contributed by atoms with E-state index in [2.05, 4.69) is 15.4 Å². The van der Waals surface area contributed by atoms with Crippen LogP contribution in [0.2, 0.25) is 0 Å². The lowest BCUT2D eigenvalue weighted by molar-refractivity contribution is 0.0602. The largest absolute Gasteiger partial charge is 0.465 e. The molecule has 2 N–H and O–H groups in total. The van der Waals surface area contributed by atoms with E-state index >= 15 is 0 Å². The molecule has 0 fully saturated rings. The Morgan fingerprint density at radius 3 is 2.62 bits per heavy atom. The van der Waals surface area contributed by atoms with E-state index in [4.69, 9.17) is 0 Å². The Labute approximate surface area is 132 Å². The number of rotatable bonds is 4. The van der Waals surface area contributed by atoms with E-state index in [0.717, 1.165) is 4.88 Å². The van der Waals surface area contributed by atoms with Crippen molar-refractivity contribution >= 4 is 41.4 Å². The van der Waals surface area contributed by atoms with Gasteiger partial charge in [-0.1, -0.05) is 18.2 Å². The van der Waals surface area contributed by atoms with E-state index in [0.29, 0.717) is 17.8 Å². The third-order valence-corrected chi connectivity index (χ3v) is 3.46. The molecule has 1 aromatic carbocycles. The molecule has 112 valence electrons. The zero-order valence-corrected chi connectivity index (χ0v) is 12.9. The predicted molar refractivity (Wildman–Crippen MR) is 85.2 cm³/mol. The molecule has 21 heavy (non-hydrogen) atoms. The fourth-order valence-electron chi connectivity index (χ4n) is 1.63. The average Bonchev–Trinajstić information content (AvgIpc) is 2.98. The monoisotopic (exact) mass is 326 g/mol.